The summed E-state index contributed by atoms with van der Waals surface area (Å²) in [6, 6.07) is 15.9. The summed E-state index contributed by atoms with van der Waals surface area (Å²) >= 11 is 13.6. The summed E-state index contributed by atoms with van der Waals surface area (Å²) in [5, 5.41) is 23.2. The van der Waals surface area contributed by atoms with Gasteiger partial charge in [-0.25, -0.2) is 24.1 Å². The zero-order chi connectivity index (χ0) is 30.3. The van der Waals surface area contributed by atoms with Crippen LogP contribution in [0.1, 0.15) is 20.7 Å². The highest BCUT2D eigenvalue weighted by Crippen LogP contribution is 2.32. The van der Waals surface area contributed by atoms with Crippen molar-refractivity contribution in [2.75, 3.05) is 10.6 Å². The summed E-state index contributed by atoms with van der Waals surface area (Å²) in [6.07, 6.45) is 0. The Hall–Kier alpha value is -2.64. The van der Waals surface area contributed by atoms with Gasteiger partial charge in [-0.3, -0.25) is 20.0 Å². The maximum Gasteiger partial charge on any atom is 0.276 e. The van der Waals surface area contributed by atoms with E-state index in [1.165, 1.54) is 23.1 Å². The summed E-state index contributed by atoms with van der Waals surface area (Å²) in [4.78, 5) is 23.0. The maximum atomic E-state index is 13.9. The molecular formula is C26H17BrClF3I2N4O4. The van der Waals surface area contributed by atoms with Gasteiger partial charge in [0.05, 0.1) is 38.9 Å². The van der Waals surface area contributed by atoms with E-state index in [1.807, 2.05) is 34.7 Å². The minimum absolute atomic E-state index is 0.138. The largest absolute Gasteiger partial charge is 0.354 e. The van der Waals surface area contributed by atoms with Gasteiger partial charge in [-0.2, -0.15) is 0 Å². The highest BCUT2D eigenvalue weighted by Gasteiger charge is 2.19. The lowest BCUT2D eigenvalue weighted by Gasteiger charge is -2.13. The number of hydrogen-bond acceptors (Lipinski definition) is 6. The third-order valence-electron chi connectivity index (χ3n) is 5.16. The van der Waals surface area contributed by atoms with Crippen LogP contribution in [-0.2, 0) is 0 Å². The van der Waals surface area contributed by atoms with Crippen LogP contribution in [0.4, 0.5) is 35.9 Å². The summed E-state index contributed by atoms with van der Waals surface area (Å²) in [7, 11) is 0. The molecule has 2 amide bonds. The van der Waals surface area contributed by atoms with E-state index in [1.54, 1.807) is 24.3 Å². The molecule has 0 spiro atoms. The van der Waals surface area contributed by atoms with E-state index >= 15 is 0 Å². The SMILES string of the molecule is O=C(NO)c1ccc(F)c(F)c1Nc1ccc(I)cc1Cl.O=C(NO)c1ccc(F)cc1Nc1ccc(I)cc1Br. The van der Waals surface area contributed by atoms with Crippen LogP contribution in [0.2, 0.25) is 5.02 Å². The quantitative estimate of drug-likeness (QED) is 0.0662. The summed E-state index contributed by atoms with van der Waals surface area (Å²) in [5.41, 5.74) is 3.62. The number of halogens is 7. The predicted octanol–water partition coefficient (Wildman–Crippen LogP) is 8.14. The van der Waals surface area contributed by atoms with Gasteiger partial charge in [0.2, 0.25) is 0 Å². The van der Waals surface area contributed by atoms with Crippen LogP contribution >= 0.6 is 72.7 Å². The van der Waals surface area contributed by atoms with Gasteiger partial charge in [0.15, 0.2) is 11.6 Å². The van der Waals surface area contributed by atoms with E-state index in [4.69, 9.17) is 22.0 Å². The number of carbonyl (C=O) groups excluding carboxylic acids is 2. The molecule has 4 aromatic rings. The van der Waals surface area contributed by atoms with Gasteiger partial charge < -0.3 is 10.6 Å². The Morgan fingerprint density at radius 3 is 1.93 bits per heavy atom. The smallest absolute Gasteiger partial charge is 0.276 e. The molecule has 4 rings (SSSR count). The first kappa shape index (κ1) is 32.9. The van der Waals surface area contributed by atoms with Crippen molar-refractivity contribution in [2.24, 2.45) is 0 Å². The topological polar surface area (TPSA) is 123 Å². The third kappa shape index (κ3) is 8.68. The van der Waals surface area contributed by atoms with Gasteiger partial charge in [0, 0.05) is 11.6 Å². The van der Waals surface area contributed by atoms with Crippen molar-refractivity contribution in [3.8, 4) is 0 Å². The summed E-state index contributed by atoms with van der Waals surface area (Å²) < 4.78 is 43.3. The number of rotatable bonds is 6. The van der Waals surface area contributed by atoms with Crippen molar-refractivity contribution in [1.29, 1.82) is 0 Å². The van der Waals surface area contributed by atoms with E-state index in [2.05, 4.69) is 49.2 Å². The molecule has 0 bridgehead atoms. The summed E-state index contributed by atoms with van der Waals surface area (Å²) in [5.74, 6) is -4.55. The molecule has 0 heterocycles. The number of hydrogen-bond donors (Lipinski definition) is 6. The second kappa shape index (κ2) is 15.0. The van der Waals surface area contributed by atoms with E-state index in [0.29, 0.717) is 11.4 Å². The highest BCUT2D eigenvalue weighted by atomic mass is 127. The number of nitrogens with one attached hydrogen (secondary N) is 4. The predicted molar refractivity (Wildman–Crippen MR) is 169 cm³/mol. The number of amides is 2. The molecular weight excluding hydrogens is 858 g/mol. The Kier molecular flexibility index (Phi) is 12.0. The molecule has 15 heteroatoms. The molecule has 0 atom stereocenters. The van der Waals surface area contributed by atoms with Gasteiger partial charge in [-0.15, -0.1) is 0 Å². The Balaban J connectivity index is 0.000000226. The number of carbonyl (C=O) groups is 2. The average Bonchev–Trinajstić information content (AvgIpc) is 2.94. The van der Waals surface area contributed by atoms with E-state index in [0.717, 1.165) is 29.8 Å². The molecule has 0 saturated heterocycles. The first-order valence-electron chi connectivity index (χ1n) is 11.1. The molecule has 0 saturated carbocycles. The molecule has 0 fully saturated rings. The van der Waals surface area contributed by atoms with Crippen molar-refractivity contribution in [3.05, 3.63) is 112 Å². The Morgan fingerprint density at radius 2 is 1.32 bits per heavy atom. The van der Waals surface area contributed by atoms with E-state index in [9.17, 15) is 22.8 Å². The molecule has 0 aliphatic carbocycles. The lowest BCUT2D eigenvalue weighted by Crippen LogP contribution is -2.20. The van der Waals surface area contributed by atoms with Crippen molar-refractivity contribution >= 4 is 107 Å². The zero-order valence-corrected chi connectivity index (χ0v) is 26.9. The molecule has 0 aliphatic rings. The Labute approximate surface area is 272 Å². The number of benzene rings is 4. The molecule has 0 unspecified atom stereocenters. The molecule has 0 aromatic heterocycles. The zero-order valence-electron chi connectivity index (χ0n) is 20.2. The monoisotopic (exact) mass is 874 g/mol. The Bertz CT molecular complexity index is 1620. The normalized spacial score (nSPS) is 10.3. The average molecular weight is 876 g/mol. The van der Waals surface area contributed by atoms with E-state index < -0.39 is 35.0 Å². The molecule has 41 heavy (non-hydrogen) atoms. The first-order chi connectivity index (χ1) is 19.4. The van der Waals surface area contributed by atoms with Gasteiger partial charge in [0.25, 0.3) is 11.8 Å². The van der Waals surface area contributed by atoms with Crippen LogP contribution in [0.25, 0.3) is 0 Å². The minimum Gasteiger partial charge on any atom is -0.354 e. The molecule has 0 radical (unpaired) electrons. The maximum absolute atomic E-state index is 13.9. The fourth-order valence-corrected chi connectivity index (χ4v) is 5.56. The fraction of sp³-hybridized carbons (Fsp3) is 0. The van der Waals surface area contributed by atoms with Crippen LogP contribution in [0, 0.1) is 24.6 Å². The second-order valence-electron chi connectivity index (χ2n) is 7.85. The second-order valence-corrected chi connectivity index (χ2v) is 11.6. The van der Waals surface area contributed by atoms with Crippen LogP contribution in [0.15, 0.2) is 71.2 Å². The molecule has 8 nitrogen and oxygen atoms in total. The van der Waals surface area contributed by atoms with Crippen LogP contribution in [0.5, 0.6) is 0 Å². The van der Waals surface area contributed by atoms with E-state index in [-0.39, 0.29) is 21.8 Å². The van der Waals surface area contributed by atoms with Crippen molar-refractivity contribution in [3.63, 3.8) is 0 Å². The highest BCUT2D eigenvalue weighted by molar-refractivity contribution is 14.1. The van der Waals surface area contributed by atoms with Crippen LogP contribution < -0.4 is 21.6 Å². The van der Waals surface area contributed by atoms with Crippen LogP contribution in [-0.4, -0.2) is 22.2 Å². The summed E-state index contributed by atoms with van der Waals surface area (Å²) in [6.45, 7) is 0. The van der Waals surface area contributed by atoms with Crippen LogP contribution in [0.3, 0.4) is 0 Å². The fourth-order valence-electron chi connectivity index (χ4n) is 3.26. The molecule has 6 N–H and O–H groups in total. The van der Waals surface area contributed by atoms with Gasteiger partial charge >= 0.3 is 0 Å². The lowest BCUT2D eigenvalue weighted by atomic mass is 10.1. The lowest BCUT2D eigenvalue weighted by molar-refractivity contribution is 0.0702. The van der Waals surface area contributed by atoms with Gasteiger partial charge in [-0.1, -0.05) is 11.6 Å². The molecule has 214 valence electrons. The van der Waals surface area contributed by atoms with Gasteiger partial charge in [-0.05, 0) is 128 Å². The third-order valence-corrected chi connectivity index (χ3v) is 7.47. The molecule has 0 aliphatic heterocycles. The Morgan fingerprint density at radius 1 is 0.732 bits per heavy atom. The van der Waals surface area contributed by atoms with Gasteiger partial charge in [0.1, 0.15) is 5.82 Å². The van der Waals surface area contributed by atoms with Crippen molar-refractivity contribution in [2.45, 2.75) is 0 Å². The van der Waals surface area contributed by atoms with Crippen molar-refractivity contribution < 1.29 is 33.2 Å². The first-order valence-corrected chi connectivity index (χ1v) is 14.4. The number of anilines is 4. The molecule has 4 aromatic carbocycles. The minimum atomic E-state index is -1.24. The number of hydroxylamine groups is 2. The standard InChI is InChI=1S/C13H9BrFIN2O2.C13H8ClF2IN2O2/c14-10-6-8(16)2-4-11(10)17-12-5-7(15)1-3-9(12)13(19)18-20;14-8-5-6(17)1-4-10(8)18-12-7(13(20)19-21)2-3-9(15)11(12)16/h1-6,17,20H,(H,18,19);1-5,18,21H,(H,19,20). The van der Waals surface area contributed by atoms with Crippen molar-refractivity contribution in [1.82, 2.24) is 11.0 Å².